The van der Waals surface area contributed by atoms with Crippen molar-refractivity contribution in [3.8, 4) is 0 Å². The molecule has 1 unspecified atom stereocenters. The number of aromatic amines is 1. The fourth-order valence-electron chi connectivity index (χ4n) is 1.05. The fourth-order valence-corrected chi connectivity index (χ4v) is 1.05. The Morgan fingerprint density at radius 2 is 2.46 bits per heavy atom. The molecule has 4 heteroatoms. The average Bonchev–Trinajstić information content (AvgIpc) is 2.64. The Kier molecular flexibility index (Phi) is 4.46. The summed E-state index contributed by atoms with van der Waals surface area (Å²) in [6, 6.07) is 0. The van der Waals surface area contributed by atoms with Crippen molar-refractivity contribution in [3.05, 3.63) is 12.2 Å². The van der Waals surface area contributed by atoms with Gasteiger partial charge in [-0.25, -0.2) is 4.98 Å². The van der Waals surface area contributed by atoms with E-state index in [4.69, 9.17) is 0 Å². The number of nitrogens with zero attached hydrogens (tertiary/aromatic N) is 2. The van der Waals surface area contributed by atoms with E-state index in [0.29, 0.717) is 0 Å². The van der Waals surface area contributed by atoms with E-state index in [2.05, 4.69) is 34.3 Å². The second-order valence-electron chi connectivity index (χ2n) is 3.40. The number of rotatable bonds is 6. The molecule has 0 aliphatic carbocycles. The summed E-state index contributed by atoms with van der Waals surface area (Å²) in [5.74, 6) is 1.71. The van der Waals surface area contributed by atoms with Crippen LogP contribution in [-0.2, 0) is 6.42 Å². The number of H-pyrrole nitrogens is 1. The summed E-state index contributed by atoms with van der Waals surface area (Å²) in [6.45, 7) is 6.52. The summed E-state index contributed by atoms with van der Waals surface area (Å²) < 4.78 is 0. The van der Waals surface area contributed by atoms with E-state index in [1.807, 2.05) is 0 Å². The van der Waals surface area contributed by atoms with Crippen LogP contribution in [0.1, 0.15) is 26.1 Å². The molecule has 1 atom stereocenters. The van der Waals surface area contributed by atoms with Gasteiger partial charge in [0.05, 0.1) is 0 Å². The first-order chi connectivity index (χ1) is 6.33. The van der Waals surface area contributed by atoms with Crippen LogP contribution in [0, 0.1) is 5.92 Å². The second-order valence-corrected chi connectivity index (χ2v) is 3.40. The quantitative estimate of drug-likeness (QED) is 0.645. The van der Waals surface area contributed by atoms with Crippen molar-refractivity contribution in [2.45, 2.75) is 26.7 Å². The first-order valence-electron chi connectivity index (χ1n) is 4.88. The molecule has 2 N–H and O–H groups in total. The van der Waals surface area contributed by atoms with Crippen molar-refractivity contribution in [1.29, 1.82) is 0 Å². The topological polar surface area (TPSA) is 53.6 Å². The third kappa shape index (κ3) is 4.03. The summed E-state index contributed by atoms with van der Waals surface area (Å²) in [5.41, 5.74) is 0. The second kappa shape index (κ2) is 5.70. The van der Waals surface area contributed by atoms with E-state index in [9.17, 15) is 0 Å². The van der Waals surface area contributed by atoms with Gasteiger partial charge < -0.3 is 5.32 Å². The Hall–Kier alpha value is -0.900. The highest BCUT2D eigenvalue weighted by molar-refractivity contribution is 4.80. The molecule has 1 rings (SSSR count). The molecule has 0 saturated carbocycles. The van der Waals surface area contributed by atoms with E-state index in [1.165, 1.54) is 6.42 Å². The maximum atomic E-state index is 4.05. The Morgan fingerprint density at radius 3 is 3.08 bits per heavy atom. The number of aromatic nitrogens is 3. The average molecular weight is 182 g/mol. The Morgan fingerprint density at radius 1 is 1.62 bits per heavy atom. The molecule has 0 amide bonds. The number of nitrogens with one attached hydrogen (secondary N) is 2. The van der Waals surface area contributed by atoms with Crippen LogP contribution >= 0.6 is 0 Å². The number of hydrogen-bond acceptors (Lipinski definition) is 3. The lowest BCUT2D eigenvalue weighted by molar-refractivity contribution is 0.500. The van der Waals surface area contributed by atoms with Crippen LogP contribution in [0.4, 0.5) is 0 Å². The summed E-state index contributed by atoms with van der Waals surface area (Å²) >= 11 is 0. The molecule has 0 spiro atoms. The highest BCUT2D eigenvalue weighted by Crippen LogP contribution is 1.96. The van der Waals surface area contributed by atoms with Crippen LogP contribution in [0.2, 0.25) is 0 Å². The predicted molar refractivity (Wildman–Crippen MR) is 52.4 cm³/mol. The molecule has 0 aromatic carbocycles. The van der Waals surface area contributed by atoms with Gasteiger partial charge in [-0.05, 0) is 12.5 Å². The molecular formula is C9H18N4. The SMILES string of the molecule is CCC(C)CNCCc1ncn[nH]1. The van der Waals surface area contributed by atoms with Crippen molar-refractivity contribution in [2.24, 2.45) is 5.92 Å². The lowest BCUT2D eigenvalue weighted by Crippen LogP contribution is -2.23. The monoisotopic (exact) mass is 182 g/mol. The molecule has 13 heavy (non-hydrogen) atoms. The Labute approximate surface area is 79.2 Å². The maximum Gasteiger partial charge on any atom is 0.137 e. The van der Waals surface area contributed by atoms with Gasteiger partial charge in [-0.3, -0.25) is 5.10 Å². The Balaban J connectivity index is 2.02. The van der Waals surface area contributed by atoms with Crippen LogP contribution in [0.3, 0.4) is 0 Å². The lowest BCUT2D eigenvalue weighted by Gasteiger charge is -2.08. The number of hydrogen-bond donors (Lipinski definition) is 2. The van der Waals surface area contributed by atoms with E-state index >= 15 is 0 Å². The minimum atomic E-state index is 0.759. The first kappa shape index (κ1) is 10.2. The molecule has 1 aromatic heterocycles. The van der Waals surface area contributed by atoms with Gasteiger partial charge in [0.15, 0.2) is 0 Å². The van der Waals surface area contributed by atoms with E-state index in [0.717, 1.165) is 31.3 Å². The zero-order valence-electron chi connectivity index (χ0n) is 8.38. The molecule has 0 aliphatic heterocycles. The normalized spacial score (nSPS) is 13.1. The zero-order chi connectivity index (χ0) is 9.52. The molecule has 1 aromatic rings. The van der Waals surface area contributed by atoms with Crippen LogP contribution < -0.4 is 5.32 Å². The summed E-state index contributed by atoms with van der Waals surface area (Å²) in [7, 11) is 0. The van der Waals surface area contributed by atoms with Crippen LogP contribution in [-0.4, -0.2) is 28.3 Å². The van der Waals surface area contributed by atoms with Gasteiger partial charge >= 0.3 is 0 Å². The summed E-state index contributed by atoms with van der Waals surface area (Å²) in [4.78, 5) is 4.05. The van der Waals surface area contributed by atoms with Gasteiger partial charge in [0.2, 0.25) is 0 Å². The van der Waals surface area contributed by atoms with Gasteiger partial charge in [0.25, 0.3) is 0 Å². The minimum Gasteiger partial charge on any atom is -0.316 e. The van der Waals surface area contributed by atoms with Gasteiger partial charge in [-0.1, -0.05) is 20.3 Å². The van der Waals surface area contributed by atoms with E-state index in [1.54, 1.807) is 6.33 Å². The maximum absolute atomic E-state index is 4.05. The molecule has 4 nitrogen and oxygen atoms in total. The largest absolute Gasteiger partial charge is 0.316 e. The molecular weight excluding hydrogens is 164 g/mol. The van der Waals surface area contributed by atoms with Crippen molar-refractivity contribution < 1.29 is 0 Å². The Bertz CT molecular complexity index is 207. The standard InChI is InChI=1S/C9H18N4/c1-3-8(2)6-10-5-4-9-11-7-12-13-9/h7-8,10H,3-6H2,1-2H3,(H,11,12,13). The lowest BCUT2D eigenvalue weighted by atomic mass is 10.1. The summed E-state index contributed by atoms with van der Waals surface area (Å²) in [5, 5.41) is 10.0. The molecule has 1 heterocycles. The summed E-state index contributed by atoms with van der Waals surface area (Å²) in [6.07, 6.45) is 3.70. The van der Waals surface area contributed by atoms with Crippen molar-refractivity contribution in [3.63, 3.8) is 0 Å². The molecule has 0 saturated heterocycles. The van der Waals surface area contributed by atoms with E-state index < -0.39 is 0 Å². The minimum absolute atomic E-state index is 0.759. The van der Waals surface area contributed by atoms with Crippen molar-refractivity contribution >= 4 is 0 Å². The van der Waals surface area contributed by atoms with Crippen molar-refractivity contribution in [1.82, 2.24) is 20.5 Å². The van der Waals surface area contributed by atoms with Crippen LogP contribution in [0.15, 0.2) is 6.33 Å². The van der Waals surface area contributed by atoms with Crippen LogP contribution in [0.25, 0.3) is 0 Å². The molecule has 0 fully saturated rings. The smallest absolute Gasteiger partial charge is 0.137 e. The third-order valence-electron chi connectivity index (χ3n) is 2.19. The molecule has 0 bridgehead atoms. The van der Waals surface area contributed by atoms with Gasteiger partial charge in [0, 0.05) is 13.0 Å². The zero-order valence-corrected chi connectivity index (χ0v) is 8.38. The van der Waals surface area contributed by atoms with Crippen molar-refractivity contribution in [2.75, 3.05) is 13.1 Å². The predicted octanol–water partition coefficient (Wildman–Crippen LogP) is 0.983. The van der Waals surface area contributed by atoms with E-state index in [-0.39, 0.29) is 0 Å². The highest BCUT2D eigenvalue weighted by atomic mass is 15.2. The highest BCUT2D eigenvalue weighted by Gasteiger charge is 1.98. The van der Waals surface area contributed by atoms with Crippen LogP contribution in [0.5, 0.6) is 0 Å². The van der Waals surface area contributed by atoms with Gasteiger partial charge in [0.1, 0.15) is 12.2 Å². The first-order valence-corrected chi connectivity index (χ1v) is 4.88. The third-order valence-corrected chi connectivity index (χ3v) is 2.19. The van der Waals surface area contributed by atoms with Gasteiger partial charge in [-0.2, -0.15) is 5.10 Å². The van der Waals surface area contributed by atoms with Gasteiger partial charge in [-0.15, -0.1) is 0 Å². The molecule has 74 valence electrons. The fraction of sp³-hybridized carbons (Fsp3) is 0.778. The molecule has 0 aliphatic rings. The molecule has 0 radical (unpaired) electrons.